The first-order chi connectivity index (χ1) is 7.65. The second-order valence-electron chi connectivity index (χ2n) is 3.62. The lowest BCUT2D eigenvalue weighted by Gasteiger charge is -2.01. The number of nitrogen functional groups attached to an aromatic ring is 1. The minimum absolute atomic E-state index is 0.158. The average Bonchev–Trinajstić information content (AvgIpc) is 2.66. The highest BCUT2D eigenvalue weighted by Crippen LogP contribution is 2.15. The van der Waals surface area contributed by atoms with Crippen molar-refractivity contribution in [1.82, 2.24) is 10.2 Å². The van der Waals surface area contributed by atoms with Gasteiger partial charge in [0.2, 0.25) is 5.13 Å². The molecule has 2 aromatic rings. The van der Waals surface area contributed by atoms with E-state index in [-0.39, 0.29) is 5.82 Å². The number of halogens is 1. The van der Waals surface area contributed by atoms with E-state index in [2.05, 4.69) is 10.2 Å². The molecule has 16 heavy (non-hydrogen) atoms. The molecule has 0 aliphatic rings. The Bertz CT molecular complexity index is 496. The Labute approximate surface area is 97.1 Å². The van der Waals surface area contributed by atoms with Crippen LogP contribution in [0.5, 0.6) is 0 Å². The van der Waals surface area contributed by atoms with Crippen molar-refractivity contribution < 1.29 is 4.39 Å². The summed E-state index contributed by atoms with van der Waals surface area (Å²) in [7, 11) is 0. The van der Waals surface area contributed by atoms with Gasteiger partial charge < -0.3 is 5.73 Å². The Kier molecular flexibility index (Phi) is 3.14. The van der Waals surface area contributed by atoms with Crippen LogP contribution in [0.3, 0.4) is 0 Å². The molecule has 0 radical (unpaired) electrons. The zero-order chi connectivity index (χ0) is 11.5. The van der Waals surface area contributed by atoms with Gasteiger partial charge in [-0.2, -0.15) is 0 Å². The Balaban J connectivity index is 2.02. The monoisotopic (exact) mass is 237 g/mol. The predicted molar refractivity (Wildman–Crippen MR) is 62.9 cm³/mol. The zero-order valence-corrected chi connectivity index (χ0v) is 9.72. The fourth-order valence-electron chi connectivity index (χ4n) is 1.41. The largest absolute Gasteiger partial charge is 0.374 e. The molecule has 1 aromatic carbocycles. The molecule has 0 saturated heterocycles. The number of hydrogen-bond donors (Lipinski definition) is 1. The van der Waals surface area contributed by atoms with Crippen LogP contribution in [0.1, 0.15) is 16.1 Å². The molecule has 2 rings (SSSR count). The summed E-state index contributed by atoms with van der Waals surface area (Å²) in [5, 5.41) is 9.02. The van der Waals surface area contributed by atoms with Crippen LogP contribution in [-0.4, -0.2) is 10.2 Å². The lowest BCUT2D eigenvalue weighted by atomic mass is 10.1. The van der Waals surface area contributed by atoms with Crippen molar-refractivity contribution in [3.8, 4) is 0 Å². The topological polar surface area (TPSA) is 51.8 Å². The molecule has 5 heteroatoms. The van der Waals surface area contributed by atoms with E-state index >= 15 is 0 Å². The van der Waals surface area contributed by atoms with Gasteiger partial charge in [-0.25, -0.2) is 4.39 Å². The summed E-state index contributed by atoms with van der Waals surface area (Å²) in [5.41, 5.74) is 7.12. The van der Waals surface area contributed by atoms with E-state index in [1.165, 1.54) is 11.3 Å². The molecule has 0 fully saturated rings. The maximum absolute atomic E-state index is 13.3. The van der Waals surface area contributed by atoms with Crippen molar-refractivity contribution in [2.24, 2.45) is 0 Å². The first kappa shape index (κ1) is 11.0. The zero-order valence-electron chi connectivity index (χ0n) is 8.90. The number of rotatable bonds is 3. The van der Waals surface area contributed by atoms with E-state index in [1.807, 2.05) is 6.07 Å². The molecule has 0 atom stereocenters. The molecule has 0 amide bonds. The van der Waals surface area contributed by atoms with E-state index in [9.17, 15) is 4.39 Å². The van der Waals surface area contributed by atoms with Crippen molar-refractivity contribution in [3.63, 3.8) is 0 Å². The van der Waals surface area contributed by atoms with Crippen molar-refractivity contribution in [3.05, 3.63) is 40.2 Å². The summed E-state index contributed by atoms with van der Waals surface area (Å²) >= 11 is 1.38. The second-order valence-corrected chi connectivity index (χ2v) is 4.71. The summed E-state index contributed by atoms with van der Waals surface area (Å²) in [6, 6.07) is 5.29. The van der Waals surface area contributed by atoms with Gasteiger partial charge in [0.15, 0.2) is 0 Å². The molecule has 84 valence electrons. The van der Waals surface area contributed by atoms with Crippen LogP contribution in [0.2, 0.25) is 0 Å². The second kappa shape index (κ2) is 4.57. The van der Waals surface area contributed by atoms with Crippen LogP contribution >= 0.6 is 11.3 Å². The molecule has 1 aromatic heterocycles. The summed E-state index contributed by atoms with van der Waals surface area (Å²) in [6.45, 7) is 1.75. The Hall–Kier alpha value is -1.49. The third-order valence-electron chi connectivity index (χ3n) is 2.35. The van der Waals surface area contributed by atoms with Gasteiger partial charge in [-0.15, -0.1) is 10.2 Å². The Morgan fingerprint density at radius 2 is 2.12 bits per heavy atom. The molecule has 0 unspecified atom stereocenters. The fraction of sp³-hybridized carbons (Fsp3) is 0.273. The average molecular weight is 237 g/mol. The maximum atomic E-state index is 13.3. The number of aryl methyl sites for hydroxylation is 3. The van der Waals surface area contributed by atoms with Crippen LogP contribution in [0.4, 0.5) is 9.52 Å². The Morgan fingerprint density at radius 1 is 1.31 bits per heavy atom. The van der Waals surface area contributed by atoms with Gasteiger partial charge in [0, 0.05) is 6.42 Å². The van der Waals surface area contributed by atoms with Gasteiger partial charge in [-0.05, 0) is 30.5 Å². The van der Waals surface area contributed by atoms with Gasteiger partial charge in [0.05, 0.1) is 0 Å². The third-order valence-corrected chi connectivity index (χ3v) is 3.16. The third kappa shape index (κ3) is 2.55. The van der Waals surface area contributed by atoms with Gasteiger partial charge in [0.25, 0.3) is 0 Å². The molecular weight excluding hydrogens is 225 g/mol. The SMILES string of the molecule is Cc1ccc(CCc2nnc(N)s2)cc1F. The minimum Gasteiger partial charge on any atom is -0.374 e. The molecule has 0 saturated carbocycles. The molecule has 2 N–H and O–H groups in total. The first-order valence-electron chi connectivity index (χ1n) is 4.98. The lowest BCUT2D eigenvalue weighted by molar-refractivity contribution is 0.616. The number of hydrogen-bond acceptors (Lipinski definition) is 4. The minimum atomic E-state index is -0.158. The number of nitrogens with zero attached hydrogens (tertiary/aromatic N) is 2. The highest BCUT2D eigenvalue weighted by Gasteiger charge is 2.03. The number of anilines is 1. The van der Waals surface area contributed by atoms with Crippen LogP contribution in [0.15, 0.2) is 18.2 Å². The van der Waals surface area contributed by atoms with Crippen LogP contribution in [0, 0.1) is 12.7 Å². The maximum Gasteiger partial charge on any atom is 0.203 e. The molecular formula is C11H12FN3S. The van der Waals surface area contributed by atoms with Crippen LogP contribution in [0.25, 0.3) is 0 Å². The number of nitrogens with two attached hydrogens (primary N) is 1. The summed E-state index contributed by atoms with van der Waals surface area (Å²) in [5.74, 6) is -0.158. The number of aromatic nitrogens is 2. The van der Waals surface area contributed by atoms with Crippen molar-refractivity contribution in [2.45, 2.75) is 19.8 Å². The van der Waals surface area contributed by atoms with Crippen molar-refractivity contribution in [1.29, 1.82) is 0 Å². The molecule has 0 spiro atoms. The summed E-state index contributed by atoms with van der Waals surface area (Å²) in [6.07, 6.45) is 1.50. The van der Waals surface area contributed by atoms with E-state index < -0.39 is 0 Å². The number of benzene rings is 1. The lowest BCUT2D eigenvalue weighted by Crippen LogP contribution is -1.93. The summed E-state index contributed by atoms with van der Waals surface area (Å²) in [4.78, 5) is 0. The quantitative estimate of drug-likeness (QED) is 0.891. The Morgan fingerprint density at radius 3 is 2.75 bits per heavy atom. The van der Waals surface area contributed by atoms with Gasteiger partial charge in [-0.1, -0.05) is 23.5 Å². The van der Waals surface area contributed by atoms with E-state index in [4.69, 9.17) is 5.73 Å². The van der Waals surface area contributed by atoms with Crippen molar-refractivity contribution >= 4 is 16.5 Å². The highest BCUT2D eigenvalue weighted by atomic mass is 32.1. The van der Waals surface area contributed by atoms with Gasteiger partial charge in [-0.3, -0.25) is 0 Å². The van der Waals surface area contributed by atoms with E-state index in [1.54, 1.807) is 19.1 Å². The molecule has 0 aliphatic carbocycles. The van der Waals surface area contributed by atoms with Gasteiger partial charge in [0.1, 0.15) is 10.8 Å². The first-order valence-corrected chi connectivity index (χ1v) is 5.79. The van der Waals surface area contributed by atoms with Crippen molar-refractivity contribution in [2.75, 3.05) is 5.73 Å². The molecule has 1 heterocycles. The summed E-state index contributed by atoms with van der Waals surface area (Å²) < 4.78 is 13.3. The predicted octanol–water partition coefficient (Wildman–Crippen LogP) is 2.35. The van der Waals surface area contributed by atoms with Gasteiger partial charge >= 0.3 is 0 Å². The smallest absolute Gasteiger partial charge is 0.203 e. The molecule has 0 bridgehead atoms. The van der Waals surface area contributed by atoms with Crippen LogP contribution < -0.4 is 5.73 Å². The molecule has 0 aliphatic heterocycles. The van der Waals surface area contributed by atoms with E-state index in [0.29, 0.717) is 10.7 Å². The van der Waals surface area contributed by atoms with Crippen LogP contribution in [-0.2, 0) is 12.8 Å². The normalized spacial score (nSPS) is 10.6. The van der Waals surface area contributed by atoms with E-state index in [0.717, 1.165) is 23.4 Å². The highest BCUT2D eigenvalue weighted by molar-refractivity contribution is 7.15. The molecule has 3 nitrogen and oxygen atoms in total. The standard InChI is InChI=1S/C11H12FN3S/c1-7-2-3-8(6-9(7)12)4-5-10-14-15-11(13)16-10/h2-3,6H,4-5H2,1H3,(H2,13,15). The fourth-order valence-corrected chi connectivity index (χ4v) is 2.02.